The fourth-order valence-electron chi connectivity index (χ4n) is 3.88. The van der Waals surface area contributed by atoms with E-state index in [9.17, 15) is 4.79 Å². The average molecular weight is 396 g/mol. The van der Waals surface area contributed by atoms with Crippen LogP contribution in [0.2, 0.25) is 0 Å². The molecule has 2 heterocycles. The summed E-state index contributed by atoms with van der Waals surface area (Å²) in [5.41, 5.74) is 9.18. The molecule has 0 bridgehead atoms. The number of aromatic nitrogens is 1. The van der Waals surface area contributed by atoms with E-state index in [4.69, 9.17) is 5.73 Å². The van der Waals surface area contributed by atoms with Crippen LogP contribution in [0.4, 0.5) is 17.2 Å². The third-order valence-electron chi connectivity index (χ3n) is 5.63. The maximum absolute atomic E-state index is 12.9. The molecule has 1 saturated heterocycles. The molecule has 0 saturated carbocycles. The van der Waals surface area contributed by atoms with Crippen LogP contribution in [-0.2, 0) is 11.2 Å². The van der Waals surface area contributed by atoms with Gasteiger partial charge in [0.1, 0.15) is 0 Å². The van der Waals surface area contributed by atoms with Crippen LogP contribution in [0.5, 0.6) is 0 Å². The van der Waals surface area contributed by atoms with Crippen LogP contribution in [-0.4, -0.2) is 55.1 Å². The molecular weight excluding hydrogens is 362 g/mol. The van der Waals surface area contributed by atoms with Crippen molar-refractivity contribution in [2.45, 2.75) is 39.2 Å². The molecule has 6 nitrogen and oxygen atoms in total. The van der Waals surface area contributed by atoms with Gasteiger partial charge in [0.25, 0.3) is 0 Å². The van der Waals surface area contributed by atoms with E-state index in [0.717, 1.165) is 31.0 Å². The van der Waals surface area contributed by atoms with Crippen LogP contribution >= 0.6 is 0 Å². The number of nitrogen functional groups attached to an aromatic ring is 1. The Morgan fingerprint density at radius 3 is 2.66 bits per heavy atom. The van der Waals surface area contributed by atoms with Crippen molar-refractivity contribution in [2.75, 3.05) is 48.8 Å². The van der Waals surface area contributed by atoms with E-state index in [1.807, 2.05) is 29.0 Å². The number of unbranched alkanes of at least 4 members (excludes halogenated alkanes) is 1. The monoisotopic (exact) mass is 395 g/mol. The third-order valence-corrected chi connectivity index (χ3v) is 5.63. The Bertz CT molecular complexity index is 807. The lowest BCUT2D eigenvalue weighted by Crippen LogP contribution is -2.56. The average Bonchev–Trinajstić information content (AvgIpc) is 2.72. The van der Waals surface area contributed by atoms with Crippen LogP contribution in [0.15, 0.2) is 42.6 Å². The standard InChI is InChI=1S/C23H33N5O/c1-4-5-7-19-9-11-20(12-10-19)26(3)17-22(29)28-15-14-27(16-18(28)2)23-21(24)8-6-13-25-23/h6,8-13,18H,4-5,7,14-17,24H2,1-3H3/t18-/m1/s1. The molecule has 29 heavy (non-hydrogen) atoms. The van der Waals surface area contributed by atoms with Crippen LogP contribution in [0, 0.1) is 0 Å². The molecule has 0 radical (unpaired) electrons. The van der Waals surface area contributed by atoms with Gasteiger partial charge in [-0.1, -0.05) is 25.5 Å². The minimum atomic E-state index is 0.113. The summed E-state index contributed by atoms with van der Waals surface area (Å²) in [6, 6.07) is 12.4. The normalized spacial score (nSPS) is 16.7. The number of rotatable bonds is 7. The Hall–Kier alpha value is -2.76. The van der Waals surface area contributed by atoms with Gasteiger partial charge < -0.3 is 20.4 Å². The van der Waals surface area contributed by atoms with Crippen molar-refractivity contribution in [3.8, 4) is 0 Å². The van der Waals surface area contributed by atoms with Gasteiger partial charge in [-0.3, -0.25) is 4.79 Å². The highest BCUT2D eigenvalue weighted by Crippen LogP contribution is 2.23. The lowest BCUT2D eigenvalue weighted by molar-refractivity contribution is -0.132. The Labute approximate surface area is 174 Å². The van der Waals surface area contributed by atoms with E-state index in [-0.39, 0.29) is 11.9 Å². The second kappa shape index (κ2) is 9.63. The number of piperazine rings is 1. The van der Waals surface area contributed by atoms with Gasteiger partial charge in [0.05, 0.1) is 12.2 Å². The maximum Gasteiger partial charge on any atom is 0.242 e. The largest absolute Gasteiger partial charge is 0.396 e. The Balaban J connectivity index is 1.56. The highest BCUT2D eigenvalue weighted by Gasteiger charge is 2.29. The predicted molar refractivity (Wildman–Crippen MR) is 120 cm³/mol. The van der Waals surface area contributed by atoms with Crippen molar-refractivity contribution in [1.29, 1.82) is 0 Å². The summed E-state index contributed by atoms with van der Waals surface area (Å²) in [4.78, 5) is 23.5. The third kappa shape index (κ3) is 5.19. The number of anilines is 3. The van der Waals surface area contributed by atoms with Crippen LogP contribution in [0.3, 0.4) is 0 Å². The Morgan fingerprint density at radius 2 is 2.00 bits per heavy atom. The van der Waals surface area contributed by atoms with Crippen molar-refractivity contribution in [1.82, 2.24) is 9.88 Å². The van der Waals surface area contributed by atoms with Gasteiger partial charge in [0, 0.05) is 44.6 Å². The number of hydrogen-bond acceptors (Lipinski definition) is 5. The van der Waals surface area contributed by atoms with Crippen molar-refractivity contribution in [3.63, 3.8) is 0 Å². The zero-order valence-electron chi connectivity index (χ0n) is 17.8. The lowest BCUT2D eigenvalue weighted by atomic mass is 10.1. The van der Waals surface area contributed by atoms with Crippen LogP contribution in [0.25, 0.3) is 0 Å². The van der Waals surface area contributed by atoms with Crippen molar-refractivity contribution < 1.29 is 4.79 Å². The van der Waals surface area contributed by atoms with Crippen LogP contribution in [0.1, 0.15) is 32.3 Å². The molecule has 1 aliphatic heterocycles. The molecule has 1 fully saturated rings. The zero-order chi connectivity index (χ0) is 20.8. The fourth-order valence-corrected chi connectivity index (χ4v) is 3.88. The number of pyridine rings is 1. The molecule has 156 valence electrons. The van der Waals surface area contributed by atoms with E-state index < -0.39 is 0 Å². The first-order valence-corrected chi connectivity index (χ1v) is 10.5. The number of carbonyl (C=O) groups is 1. The van der Waals surface area contributed by atoms with Gasteiger partial charge in [-0.05, 0) is 49.6 Å². The Kier molecular flexibility index (Phi) is 6.96. The van der Waals surface area contributed by atoms with Gasteiger partial charge in [0.2, 0.25) is 5.91 Å². The number of hydrogen-bond donors (Lipinski definition) is 1. The van der Waals surface area contributed by atoms with Crippen LogP contribution < -0.4 is 15.5 Å². The second-order valence-electron chi connectivity index (χ2n) is 7.92. The molecule has 0 spiro atoms. The first-order valence-electron chi connectivity index (χ1n) is 10.5. The quantitative estimate of drug-likeness (QED) is 0.780. The van der Waals surface area contributed by atoms with E-state index in [1.54, 1.807) is 6.20 Å². The number of nitrogens with zero attached hydrogens (tertiary/aromatic N) is 4. The topological polar surface area (TPSA) is 65.7 Å². The molecule has 0 aliphatic carbocycles. The van der Waals surface area contributed by atoms with E-state index in [1.165, 1.54) is 18.4 Å². The van der Waals surface area contributed by atoms with Gasteiger partial charge in [0.15, 0.2) is 5.82 Å². The molecule has 2 N–H and O–H groups in total. The molecule has 1 aromatic heterocycles. The molecule has 3 rings (SSSR count). The highest BCUT2D eigenvalue weighted by atomic mass is 16.2. The smallest absolute Gasteiger partial charge is 0.242 e. The SMILES string of the molecule is CCCCc1ccc(N(C)CC(=O)N2CCN(c3ncccc3N)C[C@H]2C)cc1. The van der Waals surface area contributed by atoms with E-state index >= 15 is 0 Å². The fraction of sp³-hybridized carbons (Fsp3) is 0.478. The minimum absolute atomic E-state index is 0.113. The summed E-state index contributed by atoms with van der Waals surface area (Å²) in [5.74, 6) is 0.968. The molecule has 1 aliphatic rings. The number of carbonyl (C=O) groups excluding carboxylic acids is 1. The predicted octanol–water partition coefficient (Wildman–Crippen LogP) is 3.18. The van der Waals surface area contributed by atoms with Crippen molar-refractivity contribution >= 4 is 23.1 Å². The molecule has 1 atom stereocenters. The highest BCUT2D eigenvalue weighted by molar-refractivity contribution is 5.82. The summed E-state index contributed by atoms with van der Waals surface area (Å²) in [5, 5.41) is 0. The summed E-state index contributed by atoms with van der Waals surface area (Å²) in [7, 11) is 1.98. The van der Waals surface area contributed by atoms with Gasteiger partial charge >= 0.3 is 0 Å². The van der Waals surface area contributed by atoms with E-state index in [0.29, 0.717) is 18.8 Å². The summed E-state index contributed by atoms with van der Waals surface area (Å²) in [6.45, 7) is 6.84. The van der Waals surface area contributed by atoms with Gasteiger partial charge in [-0.25, -0.2) is 4.98 Å². The van der Waals surface area contributed by atoms with Crippen molar-refractivity contribution in [2.24, 2.45) is 0 Å². The number of amides is 1. The maximum atomic E-state index is 12.9. The summed E-state index contributed by atoms with van der Waals surface area (Å²) < 4.78 is 0. The number of aryl methyl sites for hydroxylation is 1. The van der Waals surface area contributed by atoms with Gasteiger partial charge in [-0.15, -0.1) is 0 Å². The molecular formula is C23H33N5O. The minimum Gasteiger partial charge on any atom is -0.396 e. The first-order chi connectivity index (χ1) is 14.0. The molecule has 2 aromatic rings. The Morgan fingerprint density at radius 1 is 1.24 bits per heavy atom. The number of likely N-dealkylation sites (N-methyl/N-ethyl adjacent to an activating group) is 1. The second-order valence-corrected chi connectivity index (χ2v) is 7.92. The first kappa shape index (κ1) is 21.0. The molecule has 0 unspecified atom stereocenters. The molecule has 6 heteroatoms. The number of nitrogens with two attached hydrogens (primary N) is 1. The van der Waals surface area contributed by atoms with Gasteiger partial charge in [-0.2, -0.15) is 0 Å². The lowest BCUT2D eigenvalue weighted by Gasteiger charge is -2.41. The molecule has 1 aromatic carbocycles. The van der Waals surface area contributed by atoms with E-state index in [2.05, 4.69) is 48.0 Å². The summed E-state index contributed by atoms with van der Waals surface area (Å²) >= 11 is 0. The molecule has 1 amide bonds. The van der Waals surface area contributed by atoms with Crippen molar-refractivity contribution in [3.05, 3.63) is 48.2 Å². The summed E-state index contributed by atoms with van der Waals surface area (Å²) in [6.07, 6.45) is 5.29. The number of benzene rings is 1. The zero-order valence-corrected chi connectivity index (χ0v) is 17.8.